The van der Waals surface area contributed by atoms with E-state index in [1.807, 2.05) is 31.2 Å². The average molecular weight is 469 g/mol. The molecule has 3 rings (SSSR count). The van der Waals surface area contributed by atoms with Gasteiger partial charge in [0, 0.05) is 18.3 Å². The van der Waals surface area contributed by atoms with E-state index in [9.17, 15) is 13.2 Å². The van der Waals surface area contributed by atoms with Crippen molar-refractivity contribution in [1.29, 1.82) is 0 Å². The van der Waals surface area contributed by atoms with Crippen LogP contribution in [0.15, 0.2) is 71.6 Å². The summed E-state index contributed by atoms with van der Waals surface area (Å²) in [5, 5.41) is 0. The quantitative estimate of drug-likeness (QED) is 0.520. The van der Waals surface area contributed by atoms with E-state index >= 15 is 0 Å². The Morgan fingerprint density at radius 3 is 2.00 bits per heavy atom. The number of carbonyl (C=O) groups excluding carboxylic acids is 1. The number of aryl methyl sites for hydroxylation is 1. The summed E-state index contributed by atoms with van der Waals surface area (Å²) in [6.07, 6.45) is 0. The van der Waals surface area contributed by atoms with Crippen LogP contribution in [0.4, 0.5) is 5.69 Å². The average Bonchev–Trinajstić information content (AvgIpc) is 2.83. The number of nitrogens with one attached hydrogen (secondary N) is 1. The molecule has 1 amide bonds. The predicted molar refractivity (Wildman–Crippen MR) is 128 cm³/mol. The molecule has 0 radical (unpaired) electrons. The molecular formula is C25H28N2O5S. The fraction of sp³-hybridized carbons (Fsp3) is 0.240. The molecule has 0 fully saturated rings. The number of ether oxygens (including phenoxy) is 2. The van der Waals surface area contributed by atoms with E-state index in [2.05, 4.69) is 4.72 Å². The van der Waals surface area contributed by atoms with E-state index in [4.69, 9.17) is 9.47 Å². The fourth-order valence-electron chi connectivity index (χ4n) is 3.34. The fourth-order valence-corrected chi connectivity index (χ4v) is 4.43. The van der Waals surface area contributed by atoms with Crippen molar-refractivity contribution < 1.29 is 22.7 Å². The third kappa shape index (κ3) is 5.46. The van der Waals surface area contributed by atoms with E-state index < -0.39 is 10.0 Å². The first-order valence-electron chi connectivity index (χ1n) is 10.3. The first-order chi connectivity index (χ1) is 15.7. The van der Waals surface area contributed by atoms with Crippen molar-refractivity contribution in [3.63, 3.8) is 0 Å². The molecule has 0 aliphatic rings. The van der Waals surface area contributed by atoms with Gasteiger partial charge in [-0.3, -0.25) is 9.52 Å². The van der Waals surface area contributed by atoms with Crippen LogP contribution in [0.1, 0.15) is 34.5 Å². The molecule has 8 heteroatoms. The number of carbonyl (C=O) groups is 1. The molecule has 0 heterocycles. The van der Waals surface area contributed by atoms with Crippen LogP contribution in [0.25, 0.3) is 0 Å². The Kier molecular flexibility index (Phi) is 7.28. The van der Waals surface area contributed by atoms with E-state index in [0.717, 1.165) is 11.3 Å². The number of anilines is 1. The Bertz CT molecular complexity index is 1220. The number of amides is 1. The molecule has 0 saturated heterocycles. The van der Waals surface area contributed by atoms with Gasteiger partial charge in [0.05, 0.1) is 25.2 Å². The normalized spacial score (nSPS) is 12.0. The first-order valence-corrected chi connectivity index (χ1v) is 11.8. The molecule has 3 aromatic carbocycles. The van der Waals surface area contributed by atoms with Crippen molar-refractivity contribution in [2.75, 3.05) is 26.0 Å². The van der Waals surface area contributed by atoms with Gasteiger partial charge in [-0.25, -0.2) is 8.42 Å². The van der Waals surface area contributed by atoms with Crippen LogP contribution in [0, 0.1) is 6.92 Å². The molecule has 0 aliphatic heterocycles. The summed E-state index contributed by atoms with van der Waals surface area (Å²) in [5.41, 5.74) is 2.36. The molecule has 1 unspecified atom stereocenters. The molecular weight excluding hydrogens is 440 g/mol. The molecule has 0 bridgehead atoms. The lowest BCUT2D eigenvalue weighted by Crippen LogP contribution is -2.30. The Morgan fingerprint density at radius 2 is 1.45 bits per heavy atom. The summed E-state index contributed by atoms with van der Waals surface area (Å²) >= 11 is 0. The van der Waals surface area contributed by atoms with E-state index in [1.54, 1.807) is 56.3 Å². The van der Waals surface area contributed by atoms with Gasteiger partial charge in [-0.15, -0.1) is 0 Å². The van der Waals surface area contributed by atoms with Gasteiger partial charge in [0.25, 0.3) is 15.9 Å². The molecule has 0 spiro atoms. The van der Waals surface area contributed by atoms with Gasteiger partial charge in [-0.2, -0.15) is 0 Å². The molecule has 0 aliphatic carbocycles. The Labute approximate surface area is 195 Å². The van der Waals surface area contributed by atoms with Gasteiger partial charge in [-0.05, 0) is 73.5 Å². The monoisotopic (exact) mass is 468 g/mol. The molecule has 174 valence electrons. The van der Waals surface area contributed by atoms with E-state index in [0.29, 0.717) is 22.6 Å². The molecule has 0 saturated carbocycles. The number of hydrogen-bond acceptors (Lipinski definition) is 5. The van der Waals surface area contributed by atoms with Crippen molar-refractivity contribution in [3.8, 4) is 11.5 Å². The molecule has 0 aromatic heterocycles. The maximum Gasteiger partial charge on any atom is 0.261 e. The van der Waals surface area contributed by atoms with Crippen LogP contribution in [0.5, 0.6) is 11.5 Å². The van der Waals surface area contributed by atoms with Crippen molar-refractivity contribution in [2.24, 2.45) is 0 Å². The number of rotatable bonds is 8. The minimum Gasteiger partial charge on any atom is -0.497 e. The molecule has 3 aromatic rings. The lowest BCUT2D eigenvalue weighted by molar-refractivity contribution is 0.0741. The molecule has 1 N–H and O–H groups in total. The third-order valence-corrected chi connectivity index (χ3v) is 6.97. The topological polar surface area (TPSA) is 84.9 Å². The van der Waals surface area contributed by atoms with Crippen molar-refractivity contribution >= 4 is 21.6 Å². The van der Waals surface area contributed by atoms with Gasteiger partial charge in [0.1, 0.15) is 11.5 Å². The summed E-state index contributed by atoms with van der Waals surface area (Å²) in [6.45, 7) is 3.70. The van der Waals surface area contributed by atoms with Crippen molar-refractivity contribution in [1.82, 2.24) is 4.90 Å². The van der Waals surface area contributed by atoms with Crippen LogP contribution >= 0.6 is 0 Å². The largest absolute Gasteiger partial charge is 0.497 e. The Balaban J connectivity index is 1.85. The second kappa shape index (κ2) is 9.95. The summed E-state index contributed by atoms with van der Waals surface area (Å²) < 4.78 is 38.7. The first kappa shape index (κ1) is 24.1. The lowest BCUT2D eigenvalue weighted by Gasteiger charge is -2.26. The smallest absolute Gasteiger partial charge is 0.261 e. The zero-order valence-corrected chi connectivity index (χ0v) is 20.1. The summed E-state index contributed by atoms with van der Waals surface area (Å²) in [4.78, 5) is 14.9. The molecule has 1 atom stereocenters. The highest BCUT2D eigenvalue weighted by atomic mass is 32.2. The second-order valence-corrected chi connectivity index (χ2v) is 9.36. The number of hydrogen-bond donors (Lipinski definition) is 1. The summed E-state index contributed by atoms with van der Waals surface area (Å²) in [6, 6.07) is 18.4. The minimum absolute atomic E-state index is 0.0118. The zero-order chi connectivity index (χ0) is 24.2. The number of sulfonamides is 1. The highest BCUT2D eigenvalue weighted by molar-refractivity contribution is 7.92. The lowest BCUT2D eigenvalue weighted by atomic mass is 10.0. The predicted octanol–water partition coefficient (Wildman–Crippen LogP) is 4.65. The zero-order valence-electron chi connectivity index (χ0n) is 19.3. The van der Waals surface area contributed by atoms with Crippen molar-refractivity contribution in [3.05, 3.63) is 83.4 Å². The SMILES string of the molecule is COc1ccc(NS(=O)(=O)c2ccc(C)c(C(=O)N(C)C(C)c3ccc(OC)cc3)c2)cc1. The van der Waals surface area contributed by atoms with Gasteiger partial charge in [0.2, 0.25) is 0 Å². The van der Waals surface area contributed by atoms with Gasteiger partial charge in [-0.1, -0.05) is 18.2 Å². The Morgan fingerprint density at radius 1 is 0.909 bits per heavy atom. The maximum atomic E-state index is 13.3. The maximum absolute atomic E-state index is 13.3. The van der Waals surface area contributed by atoms with Gasteiger partial charge >= 0.3 is 0 Å². The van der Waals surface area contributed by atoms with Crippen LogP contribution in [0.2, 0.25) is 0 Å². The van der Waals surface area contributed by atoms with Crippen LogP contribution < -0.4 is 14.2 Å². The van der Waals surface area contributed by atoms with E-state index in [1.165, 1.54) is 19.2 Å². The molecule has 33 heavy (non-hydrogen) atoms. The number of benzene rings is 3. The standard InChI is InChI=1S/C25H28N2O5S/c1-17-6-15-23(33(29,30)26-20-9-13-22(32-5)14-10-20)16-24(17)25(28)27(3)18(2)19-7-11-21(31-4)12-8-19/h6-16,18,26H,1-5H3. The molecule has 7 nitrogen and oxygen atoms in total. The summed E-state index contributed by atoms with van der Waals surface area (Å²) in [5.74, 6) is 1.09. The number of nitrogens with zero attached hydrogens (tertiary/aromatic N) is 1. The van der Waals surface area contributed by atoms with Gasteiger partial charge < -0.3 is 14.4 Å². The highest BCUT2D eigenvalue weighted by Gasteiger charge is 2.23. The minimum atomic E-state index is -3.89. The van der Waals surface area contributed by atoms with Crippen molar-refractivity contribution in [2.45, 2.75) is 24.8 Å². The third-order valence-electron chi connectivity index (χ3n) is 5.59. The van der Waals surface area contributed by atoms with Gasteiger partial charge in [0.15, 0.2) is 0 Å². The van der Waals surface area contributed by atoms with Crippen LogP contribution in [-0.2, 0) is 10.0 Å². The van der Waals surface area contributed by atoms with Crippen LogP contribution in [-0.4, -0.2) is 40.5 Å². The summed E-state index contributed by atoms with van der Waals surface area (Å²) in [7, 11) is 0.952. The number of methoxy groups -OCH3 is 2. The van der Waals surface area contributed by atoms with Crippen LogP contribution in [0.3, 0.4) is 0 Å². The second-order valence-electron chi connectivity index (χ2n) is 7.68. The Hall–Kier alpha value is -3.52. The van der Waals surface area contributed by atoms with E-state index in [-0.39, 0.29) is 16.8 Å². The highest BCUT2D eigenvalue weighted by Crippen LogP contribution is 2.26.